The molecular weight excluding hydrogens is 280 g/mol. The van der Waals surface area contributed by atoms with Gasteiger partial charge in [-0.2, -0.15) is 0 Å². The molecule has 0 aromatic heterocycles. The fourth-order valence-electron chi connectivity index (χ4n) is 2.57. The summed E-state index contributed by atoms with van der Waals surface area (Å²) in [6.45, 7) is 14.8. The van der Waals surface area contributed by atoms with Crippen LogP contribution in [-0.4, -0.2) is 55.1 Å². The second-order valence-corrected chi connectivity index (χ2v) is 4.24. The van der Waals surface area contributed by atoms with Gasteiger partial charge in [-0.25, -0.2) is 0 Å². The molecule has 2 heteroatoms. The van der Waals surface area contributed by atoms with Crippen LogP contribution < -0.4 is 0 Å². The maximum Gasteiger partial charge on any atom is 0.0783 e. The second kappa shape index (κ2) is 10.3. The van der Waals surface area contributed by atoms with Crippen molar-refractivity contribution in [3.8, 4) is 0 Å². The molecular formula is C12H28NSb+. The van der Waals surface area contributed by atoms with E-state index in [4.69, 9.17) is 0 Å². The first-order valence-corrected chi connectivity index (χ1v) is 6.09. The number of nitrogens with zero attached hydrogens (tertiary/aromatic N) is 1. The van der Waals surface area contributed by atoms with Crippen LogP contribution in [0.4, 0.5) is 0 Å². The number of hydrogen-bond donors (Lipinski definition) is 0. The molecule has 0 heterocycles. The summed E-state index contributed by atoms with van der Waals surface area (Å²) in [5.41, 5.74) is 0. The van der Waals surface area contributed by atoms with E-state index >= 15 is 0 Å². The Hall–Kier alpha value is 0.778. The van der Waals surface area contributed by atoms with Gasteiger partial charge in [0.15, 0.2) is 0 Å². The van der Waals surface area contributed by atoms with Crippen LogP contribution in [0.25, 0.3) is 0 Å². The number of hydrogen-bond acceptors (Lipinski definition) is 0. The fourth-order valence-corrected chi connectivity index (χ4v) is 2.57. The van der Waals surface area contributed by atoms with Crippen LogP contribution in [0.1, 0.15) is 53.4 Å². The molecule has 14 heavy (non-hydrogen) atoms. The van der Waals surface area contributed by atoms with Gasteiger partial charge in [0.05, 0.1) is 26.2 Å². The smallest absolute Gasteiger partial charge is 0.0783 e. The van der Waals surface area contributed by atoms with Crippen molar-refractivity contribution < 1.29 is 4.48 Å². The van der Waals surface area contributed by atoms with Gasteiger partial charge in [-0.3, -0.25) is 0 Å². The van der Waals surface area contributed by atoms with Crippen molar-refractivity contribution in [2.45, 2.75) is 53.4 Å². The van der Waals surface area contributed by atoms with Crippen LogP contribution >= 0.6 is 0 Å². The van der Waals surface area contributed by atoms with Gasteiger partial charge in [-0.05, 0) is 25.7 Å². The third-order valence-corrected chi connectivity index (χ3v) is 2.79. The van der Waals surface area contributed by atoms with Gasteiger partial charge in [0.1, 0.15) is 0 Å². The van der Waals surface area contributed by atoms with Gasteiger partial charge in [0, 0.05) is 24.4 Å². The van der Waals surface area contributed by atoms with Gasteiger partial charge >= 0.3 is 0 Å². The van der Waals surface area contributed by atoms with Crippen molar-refractivity contribution in [2.75, 3.05) is 26.2 Å². The quantitative estimate of drug-likeness (QED) is 0.477. The van der Waals surface area contributed by atoms with Crippen molar-refractivity contribution in [2.24, 2.45) is 0 Å². The summed E-state index contributed by atoms with van der Waals surface area (Å²) in [4.78, 5) is 0. The molecule has 0 N–H and O–H groups in total. The first-order chi connectivity index (χ1) is 6.24. The van der Waals surface area contributed by atoms with Crippen molar-refractivity contribution >= 4 is 24.4 Å². The Kier molecular flexibility index (Phi) is 12.6. The Morgan fingerprint density at radius 1 is 0.571 bits per heavy atom. The molecule has 0 amide bonds. The van der Waals surface area contributed by atoms with Crippen molar-refractivity contribution in [3.05, 3.63) is 0 Å². The second-order valence-electron chi connectivity index (χ2n) is 4.24. The number of quaternary nitrogens is 1. The molecule has 0 bridgehead atoms. The first kappa shape index (κ1) is 17.2. The SMILES string of the molecule is CCC[N+](CCC)(CCC)CCC.[Sb]. The molecule has 0 saturated carbocycles. The normalized spacial score (nSPS) is 11.1. The summed E-state index contributed by atoms with van der Waals surface area (Å²) in [6, 6.07) is 0. The van der Waals surface area contributed by atoms with Crippen LogP contribution in [0.2, 0.25) is 0 Å². The van der Waals surface area contributed by atoms with E-state index < -0.39 is 0 Å². The van der Waals surface area contributed by atoms with E-state index in [0.717, 1.165) is 0 Å². The van der Waals surface area contributed by atoms with Crippen molar-refractivity contribution in [1.82, 2.24) is 0 Å². The minimum Gasteiger partial charge on any atom is -0.324 e. The van der Waals surface area contributed by atoms with Gasteiger partial charge in [-0.15, -0.1) is 0 Å². The Bertz CT molecular complexity index is 85.4. The van der Waals surface area contributed by atoms with Gasteiger partial charge in [0.25, 0.3) is 0 Å². The van der Waals surface area contributed by atoms with Gasteiger partial charge in [0.2, 0.25) is 0 Å². The maximum atomic E-state index is 2.31. The minimum absolute atomic E-state index is 0. The Labute approximate surface area is 108 Å². The Balaban J connectivity index is 0. The molecule has 0 saturated heterocycles. The molecule has 3 radical (unpaired) electrons. The van der Waals surface area contributed by atoms with E-state index in [-0.39, 0.29) is 24.4 Å². The summed E-state index contributed by atoms with van der Waals surface area (Å²) in [5.74, 6) is 0. The van der Waals surface area contributed by atoms with Crippen molar-refractivity contribution in [3.63, 3.8) is 0 Å². The van der Waals surface area contributed by atoms with E-state index in [1.165, 1.54) is 56.3 Å². The van der Waals surface area contributed by atoms with E-state index in [1.54, 1.807) is 0 Å². The molecule has 85 valence electrons. The van der Waals surface area contributed by atoms with Gasteiger partial charge in [-0.1, -0.05) is 27.7 Å². The summed E-state index contributed by atoms with van der Waals surface area (Å²) in [7, 11) is 0. The van der Waals surface area contributed by atoms with E-state index in [0.29, 0.717) is 0 Å². The largest absolute Gasteiger partial charge is 0.324 e. The molecule has 0 aromatic carbocycles. The molecule has 0 unspecified atom stereocenters. The first-order valence-electron chi connectivity index (χ1n) is 6.09. The van der Waals surface area contributed by atoms with Gasteiger partial charge < -0.3 is 4.48 Å². The predicted molar refractivity (Wildman–Crippen MR) is 66.6 cm³/mol. The standard InChI is InChI=1S/C12H28N.Sb/c1-5-9-13(10-6-2,11-7-3)12-8-4;/h5-12H2,1-4H3;/q+1;. The summed E-state index contributed by atoms with van der Waals surface area (Å²) in [6.07, 6.45) is 5.33. The zero-order valence-electron chi connectivity index (χ0n) is 10.6. The predicted octanol–water partition coefficient (Wildman–Crippen LogP) is 3.06. The summed E-state index contributed by atoms with van der Waals surface area (Å²) < 4.78 is 1.38. The third kappa shape index (κ3) is 6.30. The average Bonchev–Trinajstić information content (AvgIpc) is 2.06. The Morgan fingerprint density at radius 2 is 0.786 bits per heavy atom. The number of rotatable bonds is 8. The molecule has 0 atom stereocenters. The van der Waals surface area contributed by atoms with Crippen LogP contribution in [0.3, 0.4) is 0 Å². The molecule has 0 spiro atoms. The van der Waals surface area contributed by atoms with E-state index in [1.807, 2.05) is 0 Å². The molecule has 0 aliphatic heterocycles. The molecule has 1 nitrogen and oxygen atoms in total. The molecule has 0 fully saturated rings. The third-order valence-electron chi connectivity index (χ3n) is 2.79. The zero-order chi connectivity index (χ0) is 10.2. The fraction of sp³-hybridized carbons (Fsp3) is 1.00. The molecule has 0 aromatic rings. The molecule has 0 aliphatic carbocycles. The maximum absolute atomic E-state index is 2.31. The summed E-state index contributed by atoms with van der Waals surface area (Å²) >= 11 is 0. The summed E-state index contributed by atoms with van der Waals surface area (Å²) in [5, 5.41) is 0. The van der Waals surface area contributed by atoms with E-state index in [2.05, 4.69) is 27.7 Å². The minimum atomic E-state index is 0. The zero-order valence-corrected chi connectivity index (χ0v) is 13.1. The average molecular weight is 308 g/mol. The van der Waals surface area contributed by atoms with Crippen LogP contribution in [0.5, 0.6) is 0 Å². The monoisotopic (exact) mass is 307 g/mol. The van der Waals surface area contributed by atoms with Crippen molar-refractivity contribution in [1.29, 1.82) is 0 Å². The van der Waals surface area contributed by atoms with E-state index in [9.17, 15) is 0 Å². The van der Waals surface area contributed by atoms with Crippen LogP contribution in [0.15, 0.2) is 0 Å². The van der Waals surface area contributed by atoms with Crippen LogP contribution in [-0.2, 0) is 0 Å². The van der Waals surface area contributed by atoms with Crippen LogP contribution in [0, 0.1) is 0 Å². The molecule has 0 aliphatic rings. The molecule has 0 rings (SSSR count). The Morgan fingerprint density at radius 3 is 0.929 bits per heavy atom. The topological polar surface area (TPSA) is 0 Å².